The summed E-state index contributed by atoms with van der Waals surface area (Å²) in [6.07, 6.45) is 0.0878. The minimum atomic E-state index is -0.487. The molecule has 0 saturated heterocycles. The first kappa shape index (κ1) is 15.4. The van der Waals surface area contributed by atoms with Crippen molar-refractivity contribution in [3.05, 3.63) is 0 Å². The lowest BCUT2D eigenvalue weighted by molar-refractivity contribution is -0.148. The highest BCUT2D eigenvalue weighted by atomic mass is 16.5. The number of carbonyl (C=O) groups is 3. The molecular formula is C10H17NO6. The number of ether oxygens (including phenoxy) is 3. The smallest absolute Gasteiger partial charge is 0.319 e. The first-order chi connectivity index (χ1) is 8.03. The molecule has 0 aliphatic carbocycles. The van der Waals surface area contributed by atoms with Crippen LogP contribution in [0.15, 0.2) is 0 Å². The number of hydrogen-bond donors (Lipinski definition) is 0. The van der Waals surface area contributed by atoms with E-state index in [2.05, 4.69) is 14.2 Å². The lowest BCUT2D eigenvalue weighted by Crippen LogP contribution is -2.37. The molecule has 17 heavy (non-hydrogen) atoms. The topological polar surface area (TPSA) is 82.1 Å². The number of rotatable bonds is 7. The minimum Gasteiger partial charge on any atom is -0.469 e. The first-order valence-corrected chi connectivity index (χ1v) is 4.96. The molecule has 0 radical (unpaired) electrons. The van der Waals surface area contributed by atoms with Gasteiger partial charge in [-0.25, -0.2) is 0 Å². The zero-order valence-electron chi connectivity index (χ0n) is 10.2. The van der Waals surface area contributed by atoms with E-state index in [-0.39, 0.29) is 26.1 Å². The van der Waals surface area contributed by atoms with E-state index < -0.39 is 17.9 Å². The summed E-state index contributed by atoms with van der Waals surface area (Å²) in [6.45, 7) is 0.0576. The molecule has 7 heteroatoms. The van der Waals surface area contributed by atoms with E-state index in [1.54, 1.807) is 0 Å². The summed E-state index contributed by atoms with van der Waals surface area (Å²) in [5.41, 5.74) is 0. The normalized spacial score (nSPS) is 9.88. The molecule has 0 atom stereocenters. The maximum absolute atomic E-state index is 11.1. The van der Waals surface area contributed by atoms with Crippen LogP contribution in [0.5, 0.6) is 0 Å². The average Bonchev–Trinajstić information content (AvgIpc) is 2.34. The van der Waals surface area contributed by atoms with Crippen LogP contribution in [0, 0.1) is 0 Å². The van der Waals surface area contributed by atoms with Gasteiger partial charge in [-0.3, -0.25) is 19.3 Å². The average molecular weight is 247 g/mol. The molecule has 0 aliphatic rings. The quantitative estimate of drug-likeness (QED) is 0.430. The Balaban J connectivity index is 4.24. The number of hydrogen-bond acceptors (Lipinski definition) is 7. The summed E-state index contributed by atoms with van der Waals surface area (Å²) in [4.78, 5) is 34.5. The van der Waals surface area contributed by atoms with E-state index in [1.165, 1.54) is 26.2 Å². The van der Waals surface area contributed by atoms with Gasteiger partial charge in [0.2, 0.25) is 0 Å². The van der Waals surface area contributed by atoms with Crippen molar-refractivity contribution in [1.82, 2.24) is 4.90 Å². The Morgan fingerprint density at radius 1 is 0.824 bits per heavy atom. The molecule has 0 unspecified atom stereocenters. The van der Waals surface area contributed by atoms with Crippen molar-refractivity contribution in [3.8, 4) is 0 Å². The Bertz CT molecular complexity index is 260. The van der Waals surface area contributed by atoms with Crippen molar-refractivity contribution in [3.63, 3.8) is 0 Å². The van der Waals surface area contributed by atoms with Crippen molar-refractivity contribution >= 4 is 17.9 Å². The molecule has 0 spiro atoms. The minimum absolute atomic E-state index is 0.0808. The summed E-state index contributed by atoms with van der Waals surface area (Å²) in [7, 11) is 3.77. The van der Waals surface area contributed by atoms with Gasteiger partial charge in [0.25, 0.3) is 0 Å². The summed E-state index contributed by atoms with van der Waals surface area (Å²) in [5.74, 6) is -1.39. The van der Waals surface area contributed by atoms with Gasteiger partial charge in [-0.1, -0.05) is 0 Å². The molecule has 0 aromatic heterocycles. The maximum atomic E-state index is 11.1. The molecule has 7 nitrogen and oxygen atoms in total. The zero-order valence-corrected chi connectivity index (χ0v) is 10.2. The second-order valence-electron chi connectivity index (χ2n) is 3.19. The van der Waals surface area contributed by atoms with Crippen molar-refractivity contribution < 1.29 is 28.6 Å². The van der Waals surface area contributed by atoms with Crippen LogP contribution in [0.2, 0.25) is 0 Å². The van der Waals surface area contributed by atoms with E-state index in [4.69, 9.17) is 0 Å². The standard InChI is InChI=1S/C10H17NO6/c1-15-8(12)4-5-11(6-9(13)16-2)7-10(14)17-3/h4-7H2,1-3H3. The second-order valence-corrected chi connectivity index (χ2v) is 3.19. The van der Waals surface area contributed by atoms with Gasteiger partial charge in [-0.05, 0) is 0 Å². The van der Waals surface area contributed by atoms with Gasteiger partial charge in [0.1, 0.15) is 0 Å². The fourth-order valence-corrected chi connectivity index (χ4v) is 1.06. The molecule has 0 bridgehead atoms. The summed E-state index contributed by atoms with van der Waals surface area (Å²) < 4.78 is 13.4. The van der Waals surface area contributed by atoms with E-state index in [0.29, 0.717) is 0 Å². The summed E-state index contributed by atoms with van der Waals surface area (Å²) in [5, 5.41) is 0. The van der Waals surface area contributed by atoms with Gasteiger partial charge in [-0.2, -0.15) is 0 Å². The van der Waals surface area contributed by atoms with Crippen molar-refractivity contribution in [1.29, 1.82) is 0 Å². The predicted molar refractivity (Wildman–Crippen MR) is 57.1 cm³/mol. The van der Waals surface area contributed by atoms with Gasteiger partial charge in [-0.15, -0.1) is 0 Å². The van der Waals surface area contributed by atoms with Crippen LogP contribution in [0.1, 0.15) is 6.42 Å². The fraction of sp³-hybridized carbons (Fsp3) is 0.700. The number of carbonyl (C=O) groups excluding carboxylic acids is 3. The van der Waals surface area contributed by atoms with Crippen LogP contribution < -0.4 is 0 Å². The summed E-state index contributed by atoms with van der Waals surface area (Å²) >= 11 is 0. The lowest BCUT2D eigenvalue weighted by atomic mass is 10.3. The number of nitrogens with zero attached hydrogens (tertiary/aromatic N) is 1. The van der Waals surface area contributed by atoms with Crippen molar-refractivity contribution in [2.75, 3.05) is 41.0 Å². The van der Waals surface area contributed by atoms with Crippen molar-refractivity contribution in [2.45, 2.75) is 6.42 Å². The van der Waals surface area contributed by atoms with E-state index in [1.807, 2.05) is 0 Å². The lowest BCUT2D eigenvalue weighted by Gasteiger charge is -2.18. The predicted octanol–water partition coefficient (Wildman–Crippen LogP) is -0.802. The molecular weight excluding hydrogens is 230 g/mol. The molecule has 0 rings (SSSR count). The Labute approximate surface area is 99.6 Å². The number of methoxy groups -OCH3 is 3. The zero-order chi connectivity index (χ0) is 13.3. The third kappa shape index (κ3) is 7.29. The van der Waals surface area contributed by atoms with Gasteiger partial charge in [0, 0.05) is 6.54 Å². The third-order valence-corrected chi connectivity index (χ3v) is 2.02. The van der Waals surface area contributed by atoms with E-state index in [0.717, 1.165) is 0 Å². The van der Waals surface area contributed by atoms with Gasteiger partial charge < -0.3 is 14.2 Å². The molecule has 0 amide bonds. The molecule has 0 aliphatic heterocycles. The van der Waals surface area contributed by atoms with Gasteiger partial charge in [0.05, 0.1) is 40.8 Å². The van der Waals surface area contributed by atoms with E-state index >= 15 is 0 Å². The first-order valence-electron chi connectivity index (χ1n) is 4.96. The molecule has 0 saturated carbocycles. The monoisotopic (exact) mass is 247 g/mol. The van der Waals surface area contributed by atoms with Crippen molar-refractivity contribution in [2.24, 2.45) is 0 Å². The number of esters is 3. The molecule has 98 valence electrons. The van der Waals surface area contributed by atoms with Crippen LogP contribution in [0.25, 0.3) is 0 Å². The molecule has 0 N–H and O–H groups in total. The maximum Gasteiger partial charge on any atom is 0.319 e. The van der Waals surface area contributed by atoms with Gasteiger partial charge >= 0.3 is 17.9 Å². The van der Waals surface area contributed by atoms with Crippen LogP contribution in [0.4, 0.5) is 0 Å². The highest BCUT2D eigenvalue weighted by molar-refractivity contribution is 5.75. The highest BCUT2D eigenvalue weighted by Gasteiger charge is 2.16. The molecule has 0 heterocycles. The van der Waals surface area contributed by atoms with Gasteiger partial charge in [0.15, 0.2) is 0 Å². The molecule has 0 aromatic rings. The Kier molecular flexibility index (Phi) is 7.70. The largest absolute Gasteiger partial charge is 0.469 e. The third-order valence-electron chi connectivity index (χ3n) is 2.02. The van der Waals surface area contributed by atoms with E-state index in [9.17, 15) is 14.4 Å². The van der Waals surface area contributed by atoms with Crippen LogP contribution in [-0.2, 0) is 28.6 Å². The Hall–Kier alpha value is -1.63. The van der Waals surface area contributed by atoms with Crippen LogP contribution in [0.3, 0.4) is 0 Å². The van der Waals surface area contributed by atoms with Crippen LogP contribution in [-0.4, -0.2) is 63.8 Å². The Morgan fingerprint density at radius 3 is 1.59 bits per heavy atom. The fourth-order valence-electron chi connectivity index (χ4n) is 1.06. The second kappa shape index (κ2) is 8.51. The Morgan fingerprint density at radius 2 is 1.24 bits per heavy atom. The van der Waals surface area contributed by atoms with Crippen LogP contribution >= 0.6 is 0 Å². The molecule has 0 fully saturated rings. The SMILES string of the molecule is COC(=O)CCN(CC(=O)OC)CC(=O)OC. The molecule has 0 aromatic carbocycles. The highest BCUT2D eigenvalue weighted by Crippen LogP contribution is 1.95. The summed E-state index contributed by atoms with van der Waals surface area (Å²) in [6, 6.07) is 0.